The molecule has 0 fully saturated rings. The summed E-state index contributed by atoms with van der Waals surface area (Å²) < 4.78 is 13.7. The predicted molar refractivity (Wildman–Crippen MR) is 112 cm³/mol. The van der Waals surface area contributed by atoms with Gasteiger partial charge in [-0.1, -0.05) is 18.2 Å². The zero-order valence-corrected chi connectivity index (χ0v) is 15.5. The van der Waals surface area contributed by atoms with Crippen molar-refractivity contribution in [3.63, 3.8) is 0 Å². The highest BCUT2D eigenvalue weighted by molar-refractivity contribution is 5.97. The molecule has 0 bridgehead atoms. The molecule has 6 rings (SSSR count). The van der Waals surface area contributed by atoms with Crippen molar-refractivity contribution in [2.45, 2.75) is 0 Å². The highest BCUT2D eigenvalue weighted by Gasteiger charge is 2.16. The summed E-state index contributed by atoms with van der Waals surface area (Å²) in [5.74, 6) is 0.304. The van der Waals surface area contributed by atoms with Crippen molar-refractivity contribution in [1.29, 1.82) is 0 Å². The summed E-state index contributed by atoms with van der Waals surface area (Å²) in [6, 6.07) is 14.2. The Morgan fingerprint density at radius 2 is 1.83 bits per heavy atom. The smallest absolute Gasteiger partial charge is 0.159 e. The molecule has 4 heterocycles. The molecule has 0 spiro atoms. The van der Waals surface area contributed by atoms with Crippen molar-refractivity contribution in [1.82, 2.24) is 35.3 Å². The minimum absolute atomic E-state index is 0.313. The zero-order valence-electron chi connectivity index (χ0n) is 15.5. The molecule has 8 heteroatoms. The van der Waals surface area contributed by atoms with Crippen molar-refractivity contribution >= 4 is 21.9 Å². The first-order chi connectivity index (χ1) is 14.8. The van der Waals surface area contributed by atoms with Crippen LogP contribution >= 0.6 is 0 Å². The van der Waals surface area contributed by atoms with Crippen LogP contribution in [-0.2, 0) is 0 Å². The molecule has 0 atom stereocenters. The van der Waals surface area contributed by atoms with Gasteiger partial charge in [0.1, 0.15) is 17.0 Å². The monoisotopic (exact) mass is 395 g/mol. The van der Waals surface area contributed by atoms with Gasteiger partial charge in [0.2, 0.25) is 0 Å². The van der Waals surface area contributed by atoms with E-state index in [2.05, 4.69) is 36.4 Å². The van der Waals surface area contributed by atoms with Gasteiger partial charge in [0, 0.05) is 28.9 Å². The zero-order chi connectivity index (χ0) is 20.1. The fourth-order valence-corrected chi connectivity index (χ4v) is 3.68. The molecule has 2 aromatic carbocycles. The van der Waals surface area contributed by atoms with Crippen LogP contribution in [0.5, 0.6) is 0 Å². The number of aromatic nitrogens is 7. The average molecular weight is 395 g/mol. The van der Waals surface area contributed by atoms with Gasteiger partial charge in [-0.15, -0.1) is 0 Å². The Kier molecular flexibility index (Phi) is 3.51. The summed E-state index contributed by atoms with van der Waals surface area (Å²) >= 11 is 0. The number of pyridine rings is 1. The molecule has 3 N–H and O–H groups in total. The van der Waals surface area contributed by atoms with Crippen molar-refractivity contribution < 1.29 is 4.39 Å². The lowest BCUT2D eigenvalue weighted by atomic mass is 10.1. The number of hydrogen-bond donors (Lipinski definition) is 3. The van der Waals surface area contributed by atoms with Crippen LogP contribution in [0.25, 0.3) is 55.8 Å². The lowest BCUT2D eigenvalue weighted by Crippen LogP contribution is -1.86. The van der Waals surface area contributed by atoms with E-state index < -0.39 is 0 Å². The highest BCUT2D eigenvalue weighted by atomic mass is 19.1. The van der Waals surface area contributed by atoms with E-state index in [1.807, 2.05) is 30.5 Å². The number of benzene rings is 2. The Morgan fingerprint density at radius 3 is 2.70 bits per heavy atom. The van der Waals surface area contributed by atoms with Crippen LogP contribution in [0.15, 0.2) is 67.1 Å². The molecule has 0 aliphatic heterocycles. The van der Waals surface area contributed by atoms with Crippen LogP contribution in [0.1, 0.15) is 0 Å². The van der Waals surface area contributed by atoms with Gasteiger partial charge in [-0.3, -0.25) is 15.2 Å². The summed E-state index contributed by atoms with van der Waals surface area (Å²) in [6.07, 6.45) is 5.31. The van der Waals surface area contributed by atoms with E-state index in [1.165, 1.54) is 12.1 Å². The van der Waals surface area contributed by atoms with Crippen LogP contribution in [-0.4, -0.2) is 35.3 Å². The summed E-state index contributed by atoms with van der Waals surface area (Å²) in [5.41, 5.74) is 6.39. The number of hydrogen-bond acceptors (Lipinski definition) is 4. The Morgan fingerprint density at radius 1 is 0.867 bits per heavy atom. The number of aromatic amines is 3. The first kappa shape index (κ1) is 16.6. The summed E-state index contributed by atoms with van der Waals surface area (Å²) in [7, 11) is 0. The fraction of sp³-hybridized carbons (Fsp3) is 0. The first-order valence-corrected chi connectivity index (χ1v) is 9.34. The van der Waals surface area contributed by atoms with Crippen molar-refractivity contribution in [2.24, 2.45) is 0 Å². The molecular formula is C22H14FN7. The van der Waals surface area contributed by atoms with Gasteiger partial charge < -0.3 is 4.98 Å². The Labute approximate surface area is 169 Å². The van der Waals surface area contributed by atoms with E-state index in [-0.39, 0.29) is 5.82 Å². The van der Waals surface area contributed by atoms with Gasteiger partial charge >= 0.3 is 0 Å². The molecule has 0 unspecified atom stereocenters. The fourth-order valence-electron chi connectivity index (χ4n) is 3.68. The van der Waals surface area contributed by atoms with Crippen molar-refractivity contribution in [3.8, 4) is 33.9 Å². The van der Waals surface area contributed by atoms with Gasteiger partial charge in [-0.05, 0) is 35.9 Å². The summed E-state index contributed by atoms with van der Waals surface area (Å²) in [5, 5.41) is 15.3. The Bertz CT molecular complexity index is 1510. The van der Waals surface area contributed by atoms with Gasteiger partial charge in [0.25, 0.3) is 0 Å². The Balaban J connectivity index is 1.53. The van der Waals surface area contributed by atoms with E-state index >= 15 is 0 Å². The molecule has 144 valence electrons. The number of fused-ring (bicyclic) bond motifs is 2. The van der Waals surface area contributed by atoms with Crippen molar-refractivity contribution in [3.05, 3.63) is 72.9 Å². The first-order valence-electron chi connectivity index (χ1n) is 9.34. The lowest BCUT2D eigenvalue weighted by Gasteiger charge is -2.01. The number of H-pyrrole nitrogens is 3. The third-order valence-electron chi connectivity index (χ3n) is 5.12. The maximum absolute atomic E-state index is 13.7. The molecular weight excluding hydrogens is 381 g/mol. The highest BCUT2D eigenvalue weighted by Crippen LogP contribution is 2.32. The molecule has 0 radical (unpaired) electrons. The average Bonchev–Trinajstić information content (AvgIpc) is 3.51. The van der Waals surface area contributed by atoms with E-state index in [4.69, 9.17) is 4.98 Å². The van der Waals surface area contributed by atoms with Gasteiger partial charge in [0.15, 0.2) is 5.82 Å². The second-order valence-electron chi connectivity index (χ2n) is 6.97. The van der Waals surface area contributed by atoms with Gasteiger partial charge in [-0.2, -0.15) is 10.2 Å². The number of halogens is 1. The van der Waals surface area contributed by atoms with Crippen molar-refractivity contribution in [2.75, 3.05) is 0 Å². The standard InChI is InChI=1S/C22H14FN7/c23-15-3-1-2-13(8-15)19-21-18(6-7-24-19)27-22(28-21)20-16-9-12(14-10-25-26-11-14)4-5-17(16)29-30-20/h1-11H,(H,25,26)(H,27,28)(H,29,30). The van der Waals surface area contributed by atoms with Crippen LogP contribution in [0.2, 0.25) is 0 Å². The molecule has 6 aromatic rings. The maximum Gasteiger partial charge on any atom is 0.159 e. The minimum atomic E-state index is -0.313. The Hall–Kier alpha value is -4.33. The largest absolute Gasteiger partial charge is 0.336 e. The molecule has 4 aromatic heterocycles. The molecule has 7 nitrogen and oxygen atoms in total. The second kappa shape index (κ2) is 6.35. The van der Waals surface area contributed by atoms with Crippen LogP contribution < -0.4 is 0 Å². The molecule has 0 aliphatic carbocycles. The SMILES string of the molecule is Fc1cccc(-c2nccc3[nH]c(-c4n[nH]c5ccc(-c6cn[nH]c6)cc45)nc23)c1. The normalized spacial score (nSPS) is 11.5. The van der Waals surface area contributed by atoms with Crippen LogP contribution in [0.3, 0.4) is 0 Å². The van der Waals surface area contributed by atoms with Crippen LogP contribution in [0, 0.1) is 5.82 Å². The third kappa shape index (κ3) is 2.58. The maximum atomic E-state index is 13.7. The number of nitrogens with one attached hydrogen (secondary N) is 3. The molecule has 0 amide bonds. The topological polar surface area (TPSA) is 98.9 Å². The predicted octanol–water partition coefficient (Wildman–Crippen LogP) is 4.70. The minimum Gasteiger partial charge on any atom is -0.336 e. The molecule has 30 heavy (non-hydrogen) atoms. The lowest BCUT2D eigenvalue weighted by molar-refractivity contribution is 0.628. The molecule has 0 saturated carbocycles. The second-order valence-corrected chi connectivity index (χ2v) is 6.97. The summed E-state index contributed by atoms with van der Waals surface area (Å²) in [4.78, 5) is 12.5. The van der Waals surface area contributed by atoms with E-state index in [0.717, 1.165) is 27.5 Å². The van der Waals surface area contributed by atoms with E-state index in [0.29, 0.717) is 28.3 Å². The molecule has 0 aliphatic rings. The quantitative estimate of drug-likeness (QED) is 0.404. The van der Waals surface area contributed by atoms with E-state index in [9.17, 15) is 4.39 Å². The van der Waals surface area contributed by atoms with E-state index in [1.54, 1.807) is 18.5 Å². The number of imidazole rings is 1. The summed E-state index contributed by atoms with van der Waals surface area (Å²) in [6.45, 7) is 0. The number of nitrogens with zero attached hydrogens (tertiary/aromatic N) is 4. The van der Waals surface area contributed by atoms with Gasteiger partial charge in [-0.25, -0.2) is 9.37 Å². The number of rotatable bonds is 3. The third-order valence-corrected chi connectivity index (χ3v) is 5.12. The van der Waals surface area contributed by atoms with Crippen LogP contribution in [0.4, 0.5) is 4.39 Å². The van der Waals surface area contributed by atoms with Gasteiger partial charge in [0.05, 0.1) is 22.9 Å². The molecule has 0 saturated heterocycles.